The molecule has 3 aliphatic heterocycles. The Bertz CT molecular complexity index is 1160. The summed E-state index contributed by atoms with van der Waals surface area (Å²) >= 11 is 0. The molecule has 4 heterocycles. The molecular formula is C22H16F3NO4. The largest absolute Gasteiger partial charge is 0.492 e. The van der Waals surface area contributed by atoms with Gasteiger partial charge in [0.15, 0.2) is 11.5 Å². The number of hydrogen-bond donors (Lipinski definition) is 0. The van der Waals surface area contributed by atoms with Crippen LogP contribution in [-0.4, -0.2) is 19.9 Å². The standard InChI is InChI=1S/C22H16F3NO4/c23-22(24,25)20-6-5-13(30-20)9-26-10-21(14-3-1-2-4-16(14)26)11-27-17-8-19-18(7-15(17)21)28-12-29-19/h1-8H,9-12H2/t21-/m0/s1. The van der Waals surface area contributed by atoms with Gasteiger partial charge in [0.05, 0.1) is 12.0 Å². The summed E-state index contributed by atoms with van der Waals surface area (Å²) in [6.07, 6.45) is -4.50. The fourth-order valence-electron chi connectivity index (χ4n) is 4.64. The molecule has 0 bridgehead atoms. The van der Waals surface area contributed by atoms with Crippen LogP contribution in [0.15, 0.2) is 52.9 Å². The minimum Gasteiger partial charge on any atom is -0.492 e. The van der Waals surface area contributed by atoms with Crippen LogP contribution in [0.3, 0.4) is 0 Å². The van der Waals surface area contributed by atoms with Crippen molar-refractivity contribution in [2.24, 2.45) is 0 Å². The van der Waals surface area contributed by atoms with Gasteiger partial charge in [-0.25, -0.2) is 0 Å². The average molecular weight is 415 g/mol. The normalized spacial score (nSPS) is 21.1. The number of alkyl halides is 3. The Morgan fingerprint density at radius 1 is 0.900 bits per heavy atom. The SMILES string of the molecule is FC(F)(F)c1ccc(CN2C[C@]3(COc4cc5c(cc43)OCO5)c3ccccc32)o1. The molecule has 0 saturated carbocycles. The topological polar surface area (TPSA) is 44.1 Å². The van der Waals surface area contributed by atoms with Crippen molar-refractivity contribution in [3.8, 4) is 17.2 Å². The third-order valence-electron chi connectivity index (χ3n) is 5.97. The van der Waals surface area contributed by atoms with Crippen LogP contribution in [-0.2, 0) is 18.1 Å². The van der Waals surface area contributed by atoms with Gasteiger partial charge in [0.25, 0.3) is 0 Å². The summed E-state index contributed by atoms with van der Waals surface area (Å²) in [4.78, 5) is 2.04. The number of fused-ring (bicyclic) bond motifs is 5. The van der Waals surface area contributed by atoms with Crippen molar-refractivity contribution in [1.29, 1.82) is 0 Å². The zero-order valence-corrected chi connectivity index (χ0v) is 15.7. The predicted octanol–water partition coefficient (Wildman–Crippen LogP) is 4.73. The Kier molecular flexibility index (Phi) is 3.44. The molecule has 8 heteroatoms. The molecule has 5 nitrogen and oxygen atoms in total. The highest BCUT2D eigenvalue weighted by Crippen LogP contribution is 2.54. The van der Waals surface area contributed by atoms with E-state index in [-0.39, 0.29) is 19.1 Å². The molecule has 3 aromatic rings. The van der Waals surface area contributed by atoms with Gasteiger partial charge in [-0.3, -0.25) is 0 Å². The molecule has 0 radical (unpaired) electrons. The molecular weight excluding hydrogens is 399 g/mol. The zero-order valence-electron chi connectivity index (χ0n) is 15.7. The van der Waals surface area contributed by atoms with E-state index in [9.17, 15) is 13.2 Å². The van der Waals surface area contributed by atoms with E-state index in [1.165, 1.54) is 6.07 Å². The first-order chi connectivity index (χ1) is 14.4. The Balaban J connectivity index is 1.39. The van der Waals surface area contributed by atoms with Crippen LogP contribution in [0.1, 0.15) is 22.6 Å². The maximum absolute atomic E-state index is 12.9. The minimum atomic E-state index is -4.50. The predicted molar refractivity (Wildman–Crippen MR) is 100 cm³/mol. The van der Waals surface area contributed by atoms with Crippen LogP contribution in [0.5, 0.6) is 17.2 Å². The van der Waals surface area contributed by atoms with Gasteiger partial charge >= 0.3 is 6.18 Å². The molecule has 0 N–H and O–H groups in total. The Hall–Kier alpha value is -3.29. The maximum Gasteiger partial charge on any atom is 0.449 e. The maximum atomic E-state index is 12.9. The highest BCUT2D eigenvalue weighted by atomic mass is 19.4. The lowest BCUT2D eigenvalue weighted by atomic mass is 9.77. The van der Waals surface area contributed by atoms with Crippen LogP contribution in [0.25, 0.3) is 0 Å². The summed E-state index contributed by atoms with van der Waals surface area (Å²) in [6.45, 7) is 1.40. The highest BCUT2D eigenvalue weighted by Gasteiger charge is 2.50. The molecule has 154 valence electrons. The molecule has 1 atom stereocenters. The van der Waals surface area contributed by atoms with E-state index in [4.69, 9.17) is 18.6 Å². The quantitative estimate of drug-likeness (QED) is 0.606. The van der Waals surface area contributed by atoms with E-state index < -0.39 is 17.4 Å². The molecule has 1 spiro atoms. The molecule has 30 heavy (non-hydrogen) atoms. The van der Waals surface area contributed by atoms with Gasteiger partial charge in [0, 0.05) is 23.9 Å². The summed E-state index contributed by atoms with van der Waals surface area (Å²) in [5.74, 6) is 1.36. The van der Waals surface area contributed by atoms with Crippen molar-refractivity contribution in [2.45, 2.75) is 18.1 Å². The van der Waals surface area contributed by atoms with Crippen LogP contribution < -0.4 is 19.1 Å². The first kappa shape index (κ1) is 17.6. The summed E-state index contributed by atoms with van der Waals surface area (Å²) in [7, 11) is 0. The summed E-state index contributed by atoms with van der Waals surface area (Å²) < 4.78 is 60.9. The Labute approximate surface area is 169 Å². The Morgan fingerprint density at radius 2 is 1.70 bits per heavy atom. The first-order valence-corrected chi connectivity index (χ1v) is 9.51. The van der Waals surface area contributed by atoms with Crippen LogP contribution >= 0.6 is 0 Å². The number of rotatable bonds is 2. The molecule has 0 aliphatic carbocycles. The molecule has 0 saturated heterocycles. The summed E-state index contributed by atoms with van der Waals surface area (Å²) in [5, 5.41) is 0. The molecule has 0 unspecified atom stereocenters. The van der Waals surface area contributed by atoms with Crippen LogP contribution in [0, 0.1) is 0 Å². The van der Waals surface area contributed by atoms with Gasteiger partial charge in [-0.15, -0.1) is 0 Å². The van der Waals surface area contributed by atoms with E-state index >= 15 is 0 Å². The second-order valence-corrected chi connectivity index (χ2v) is 7.71. The second kappa shape index (κ2) is 5.87. The number of hydrogen-bond acceptors (Lipinski definition) is 5. The fourth-order valence-corrected chi connectivity index (χ4v) is 4.64. The van der Waals surface area contributed by atoms with E-state index in [0.29, 0.717) is 24.7 Å². The van der Waals surface area contributed by atoms with E-state index in [1.807, 2.05) is 41.3 Å². The molecule has 0 fully saturated rings. The number of anilines is 1. The monoisotopic (exact) mass is 415 g/mol. The van der Waals surface area contributed by atoms with Gasteiger partial charge in [-0.1, -0.05) is 18.2 Å². The molecule has 1 aromatic heterocycles. The van der Waals surface area contributed by atoms with Crippen molar-refractivity contribution in [1.82, 2.24) is 0 Å². The highest BCUT2D eigenvalue weighted by molar-refractivity contribution is 5.70. The first-order valence-electron chi connectivity index (χ1n) is 9.51. The lowest BCUT2D eigenvalue weighted by molar-refractivity contribution is -0.153. The molecule has 2 aromatic carbocycles. The number of furan rings is 1. The number of benzene rings is 2. The number of para-hydroxylation sites is 1. The fraction of sp³-hybridized carbons (Fsp3) is 0.273. The zero-order chi connectivity index (χ0) is 20.5. The summed E-state index contributed by atoms with van der Waals surface area (Å²) in [5.41, 5.74) is 2.59. The third kappa shape index (κ3) is 2.42. The Morgan fingerprint density at radius 3 is 2.50 bits per heavy atom. The number of halogens is 3. The van der Waals surface area contributed by atoms with E-state index in [0.717, 1.165) is 28.6 Å². The van der Waals surface area contributed by atoms with Gasteiger partial charge in [0.1, 0.15) is 18.1 Å². The molecule has 6 rings (SSSR count). The number of nitrogens with zero attached hydrogens (tertiary/aromatic N) is 1. The van der Waals surface area contributed by atoms with Crippen molar-refractivity contribution >= 4 is 5.69 Å². The average Bonchev–Trinajstić information content (AvgIpc) is 3.49. The van der Waals surface area contributed by atoms with Crippen LogP contribution in [0.2, 0.25) is 0 Å². The summed E-state index contributed by atoms with van der Waals surface area (Å²) in [6, 6.07) is 14.1. The molecule has 3 aliphatic rings. The lowest BCUT2D eigenvalue weighted by Crippen LogP contribution is -2.35. The minimum absolute atomic E-state index is 0.175. The van der Waals surface area contributed by atoms with Crippen molar-refractivity contribution in [2.75, 3.05) is 24.8 Å². The van der Waals surface area contributed by atoms with E-state index in [2.05, 4.69) is 0 Å². The lowest BCUT2D eigenvalue weighted by Gasteiger charge is -2.24. The van der Waals surface area contributed by atoms with Crippen molar-refractivity contribution < 1.29 is 31.8 Å². The van der Waals surface area contributed by atoms with Gasteiger partial charge in [0.2, 0.25) is 12.6 Å². The third-order valence-corrected chi connectivity index (χ3v) is 5.97. The van der Waals surface area contributed by atoms with E-state index in [1.54, 1.807) is 0 Å². The smallest absolute Gasteiger partial charge is 0.449 e. The van der Waals surface area contributed by atoms with Gasteiger partial charge < -0.3 is 23.5 Å². The number of ether oxygens (including phenoxy) is 3. The van der Waals surface area contributed by atoms with Crippen LogP contribution in [0.4, 0.5) is 18.9 Å². The van der Waals surface area contributed by atoms with Gasteiger partial charge in [-0.05, 0) is 29.8 Å². The molecule has 0 amide bonds. The van der Waals surface area contributed by atoms with Crippen molar-refractivity contribution in [3.05, 3.63) is 71.2 Å². The van der Waals surface area contributed by atoms with Crippen molar-refractivity contribution in [3.63, 3.8) is 0 Å². The second-order valence-electron chi connectivity index (χ2n) is 7.71. The van der Waals surface area contributed by atoms with Gasteiger partial charge in [-0.2, -0.15) is 13.2 Å².